The highest BCUT2D eigenvalue weighted by atomic mass is 35.5. The molecule has 0 atom stereocenters. The second kappa shape index (κ2) is 10.4. The van der Waals surface area contributed by atoms with Crippen LogP contribution in [0.2, 0.25) is 0 Å². The molecule has 8 nitrogen and oxygen atoms in total. The van der Waals surface area contributed by atoms with Crippen LogP contribution in [-0.4, -0.2) is 38.4 Å². The molecule has 2 heterocycles. The first kappa shape index (κ1) is 28.6. The number of hydrogen-bond donors (Lipinski definition) is 2. The van der Waals surface area contributed by atoms with E-state index in [-0.39, 0.29) is 35.8 Å². The Morgan fingerprint density at radius 3 is 2.32 bits per heavy atom. The lowest BCUT2D eigenvalue weighted by atomic mass is 9.91. The summed E-state index contributed by atoms with van der Waals surface area (Å²) >= 11 is 0. The van der Waals surface area contributed by atoms with Crippen molar-refractivity contribution in [2.24, 2.45) is 0 Å². The molecule has 3 amide bonds. The molecule has 10 heteroatoms. The maximum Gasteiger partial charge on any atom is 0.335 e. The number of halogens is 2. The number of pyridine rings is 1. The van der Waals surface area contributed by atoms with Gasteiger partial charge in [0.05, 0.1) is 17.8 Å². The van der Waals surface area contributed by atoms with Crippen LogP contribution in [0, 0.1) is 5.82 Å². The molecule has 200 valence electrons. The minimum atomic E-state index is -1.16. The van der Waals surface area contributed by atoms with Gasteiger partial charge in [-0.15, -0.1) is 12.4 Å². The molecule has 3 aromatic rings. The summed E-state index contributed by atoms with van der Waals surface area (Å²) in [7, 11) is 0. The van der Waals surface area contributed by atoms with Gasteiger partial charge in [0.1, 0.15) is 11.4 Å². The van der Waals surface area contributed by atoms with Gasteiger partial charge in [-0.2, -0.15) is 0 Å². The molecule has 0 bridgehead atoms. The van der Waals surface area contributed by atoms with Crippen LogP contribution in [0.1, 0.15) is 56.2 Å². The first-order valence-electron chi connectivity index (χ1n) is 11.8. The molecule has 1 aromatic heterocycles. The normalized spacial score (nSPS) is 14.9. The largest absolute Gasteiger partial charge is 0.478 e. The van der Waals surface area contributed by atoms with E-state index in [4.69, 9.17) is 5.11 Å². The molecule has 1 aliphatic heterocycles. The van der Waals surface area contributed by atoms with Crippen LogP contribution in [0.15, 0.2) is 60.8 Å². The standard InChI is InChI=1S/C28H29FN4O4.ClH/c1-27(2,3)23-15-21(12-13-30-23)33-25(36)28(4,5)32(26(33)37)16-18-6-9-19(29)14-22(18)31-20-10-7-17(8-11-20)24(34)35;/h6-15,31H,16H2,1-5H3,(H,34,35);1H. The van der Waals surface area contributed by atoms with E-state index < -0.39 is 23.4 Å². The van der Waals surface area contributed by atoms with Crippen molar-refractivity contribution in [3.8, 4) is 0 Å². The Kier molecular flexibility index (Phi) is 7.83. The summed E-state index contributed by atoms with van der Waals surface area (Å²) in [6, 6.07) is 13.1. The van der Waals surface area contributed by atoms with Gasteiger partial charge in [0.25, 0.3) is 5.91 Å². The Labute approximate surface area is 226 Å². The third kappa shape index (κ3) is 5.47. The third-order valence-electron chi connectivity index (χ3n) is 6.40. The molecule has 0 radical (unpaired) electrons. The van der Waals surface area contributed by atoms with Gasteiger partial charge in [0, 0.05) is 28.7 Å². The van der Waals surface area contributed by atoms with Crippen molar-refractivity contribution in [3.05, 3.63) is 83.4 Å². The number of nitrogens with one attached hydrogen (secondary N) is 1. The van der Waals surface area contributed by atoms with Crippen molar-refractivity contribution in [2.45, 2.75) is 52.1 Å². The van der Waals surface area contributed by atoms with Crippen molar-refractivity contribution in [1.29, 1.82) is 0 Å². The molecule has 0 saturated carbocycles. The highest BCUT2D eigenvalue weighted by molar-refractivity contribution is 6.23. The van der Waals surface area contributed by atoms with Gasteiger partial charge >= 0.3 is 12.0 Å². The topological polar surface area (TPSA) is 103 Å². The number of aromatic nitrogens is 1. The van der Waals surface area contributed by atoms with Crippen molar-refractivity contribution < 1.29 is 23.9 Å². The zero-order valence-corrected chi connectivity index (χ0v) is 22.6. The van der Waals surface area contributed by atoms with Crippen molar-refractivity contribution >= 4 is 47.4 Å². The number of anilines is 3. The second-order valence-electron chi connectivity index (χ2n) is 10.5. The van der Waals surface area contributed by atoms with Crippen molar-refractivity contribution in [2.75, 3.05) is 10.2 Å². The fraction of sp³-hybridized carbons (Fsp3) is 0.286. The van der Waals surface area contributed by atoms with Crippen LogP contribution in [-0.2, 0) is 16.8 Å². The van der Waals surface area contributed by atoms with E-state index in [0.29, 0.717) is 22.6 Å². The molecule has 1 saturated heterocycles. The van der Waals surface area contributed by atoms with Gasteiger partial charge in [0.15, 0.2) is 0 Å². The Bertz CT molecular complexity index is 1390. The van der Waals surface area contributed by atoms with Gasteiger partial charge in [0.2, 0.25) is 0 Å². The Morgan fingerprint density at radius 2 is 1.71 bits per heavy atom. The number of urea groups is 1. The van der Waals surface area contributed by atoms with Gasteiger partial charge in [-0.1, -0.05) is 26.8 Å². The quantitative estimate of drug-likeness (QED) is 0.365. The summed E-state index contributed by atoms with van der Waals surface area (Å²) in [5.74, 6) is -1.90. The highest BCUT2D eigenvalue weighted by Crippen LogP contribution is 2.36. The van der Waals surface area contributed by atoms with E-state index in [2.05, 4.69) is 10.3 Å². The van der Waals surface area contributed by atoms with Crippen LogP contribution in [0.3, 0.4) is 0 Å². The molecular weight excluding hydrogens is 511 g/mol. The number of imide groups is 1. The third-order valence-corrected chi connectivity index (χ3v) is 6.40. The fourth-order valence-electron chi connectivity index (χ4n) is 4.12. The number of nitrogens with zero attached hydrogens (tertiary/aromatic N) is 3. The van der Waals surface area contributed by atoms with E-state index in [1.807, 2.05) is 20.8 Å². The summed E-state index contributed by atoms with van der Waals surface area (Å²) in [4.78, 5) is 45.2. The number of carboxylic acid groups (broad SMARTS) is 1. The number of carboxylic acids is 1. The van der Waals surface area contributed by atoms with Gasteiger partial charge < -0.3 is 15.3 Å². The number of aromatic carboxylic acids is 1. The SMILES string of the molecule is CC(C)(C)c1cc(N2C(=O)N(Cc3ccc(F)cc3Nc3ccc(C(=O)O)cc3)C(C)(C)C2=O)ccn1.Cl. The van der Waals surface area contributed by atoms with Crippen LogP contribution in [0.4, 0.5) is 26.2 Å². The molecule has 1 aliphatic rings. The fourth-order valence-corrected chi connectivity index (χ4v) is 4.12. The lowest BCUT2D eigenvalue weighted by Gasteiger charge is -2.28. The summed E-state index contributed by atoms with van der Waals surface area (Å²) < 4.78 is 14.2. The molecule has 2 aromatic carbocycles. The van der Waals surface area contributed by atoms with Gasteiger partial charge in [-0.25, -0.2) is 18.9 Å². The predicted octanol–water partition coefficient (Wildman–Crippen LogP) is 6.13. The van der Waals surface area contributed by atoms with Gasteiger partial charge in [-0.3, -0.25) is 9.78 Å². The smallest absolute Gasteiger partial charge is 0.335 e. The molecule has 0 unspecified atom stereocenters. The predicted molar refractivity (Wildman–Crippen MR) is 146 cm³/mol. The highest BCUT2D eigenvalue weighted by Gasteiger charge is 2.52. The molecule has 1 fully saturated rings. The minimum absolute atomic E-state index is 0. The minimum Gasteiger partial charge on any atom is -0.478 e. The monoisotopic (exact) mass is 540 g/mol. The number of benzene rings is 2. The molecule has 4 rings (SSSR count). The second-order valence-corrected chi connectivity index (χ2v) is 10.5. The summed E-state index contributed by atoms with van der Waals surface area (Å²) in [5, 5.41) is 12.2. The zero-order chi connectivity index (χ0) is 27.1. The molecule has 0 spiro atoms. The summed E-state index contributed by atoms with van der Waals surface area (Å²) in [6.07, 6.45) is 1.59. The van der Waals surface area contributed by atoms with Crippen LogP contribution < -0.4 is 10.2 Å². The first-order valence-corrected chi connectivity index (χ1v) is 11.8. The Morgan fingerprint density at radius 1 is 1.05 bits per heavy atom. The summed E-state index contributed by atoms with van der Waals surface area (Å²) in [5.41, 5.74) is 1.43. The zero-order valence-electron chi connectivity index (χ0n) is 21.8. The average molecular weight is 541 g/mol. The molecule has 38 heavy (non-hydrogen) atoms. The van der Waals surface area contributed by atoms with Crippen LogP contribution in [0.5, 0.6) is 0 Å². The van der Waals surface area contributed by atoms with Gasteiger partial charge in [-0.05, 0) is 67.9 Å². The van der Waals surface area contributed by atoms with E-state index in [1.165, 1.54) is 29.2 Å². The van der Waals surface area contributed by atoms with E-state index in [9.17, 15) is 18.8 Å². The maximum atomic E-state index is 14.2. The summed E-state index contributed by atoms with van der Waals surface area (Å²) in [6.45, 7) is 9.41. The van der Waals surface area contributed by atoms with Crippen LogP contribution in [0.25, 0.3) is 0 Å². The molecule has 2 N–H and O–H groups in total. The number of carbonyl (C=O) groups is 3. The maximum absolute atomic E-state index is 14.2. The average Bonchev–Trinajstić information content (AvgIpc) is 2.99. The number of rotatable bonds is 6. The Balaban J connectivity index is 0.00000400. The molecular formula is C28H30ClFN4O4. The van der Waals surface area contributed by atoms with Crippen LogP contribution >= 0.6 is 12.4 Å². The van der Waals surface area contributed by atoms with E-state index in [1.54, 1.807) is 50.4 Å². The van der Waals surface area contributed by atoms with Crippen molar-refractivity contribution in [3.63, 3.8) is 0 Å². The van der Waals surface area contributed by atoms with E-state index in [0.717, 1.165) is 10.6 Å². The molecule has 0 aliphatic carbocycles. The lowest BCUT2D eigenvalue weighted by molar-refractivity contribution is -0.123. The number of amides is 3. The van der Waals surface area contributed by atoms with E-state index >= 15 is 0 Å². The number of hydrogen-bond acceptors (Lipinski definition) is 5. The lowest BCUT2D eigenvalue weighted by Crippen LogP contribution is -2.43. The first-order chi connectivity index (χ1) is 17.3. The Hall–Kier alpha value is -3.98. The van der Waals surface area contributed by atoms with Crippen molar-refractivity contribution in [1.82, 2.24) is 9.88 Å². The number of carbonyl (C=O) groups excluding carboxylic acids is 2.